The maximum Gasteiger partial charge on any atom is 0.273 e. The first kappa shape index (κ1) is 27.4. The molecule has 4 heterocycles. The van der Waals surface area contributed by atoms with E-state index in [2.05, 4.69) is 47.4 Å². The van der Waals surface area contributed by atoms with Gasteiger partial charge in [0, 0.05) is 74.8 Å². The van der Waals surface area contributed by atoms with Gasteiger partial charge in [-0.05, 0) is 25.8 Å². The Kier molecular flexibility index (Phi) is 7.33. The van der Waals surface area contributed by atoms with Crippen LogP contribution in [0, 0.1) is 12.8 Å². The minimum Gasteiger partial charge on any atom is -0.494 e. The van der Waals surface area contributed by atoms with Crippen LogP contribution in [0.4, 0.5) is 17.2 Å². The van der Waals surface area contributed by atoms with Crippen LogP contribution in [0.3, 0.4) is 0 Å². The summed E-state index contributed by atoms with van der Waals surface area (Å²) in [7, 11) is 5.07. The average Bonchev–Trinajstić information content (AvgIpc) is 3.62. The van der Waals surface area contributed by atoms with Crippen LogP contribution in [0.5, 0.6) is 5.75 Å². The number of aryl methyl sites for hydroxylation is 2. The van der Waals surface area contributed by atoms with Gasteiger partial charge in [0.1, 0.15) is 5.75 Å². The molecular weight excluding hydrogens is 536 g/mol. The highest BCUT2D eigenvalue weighted by Gasteiger charge is 2.31. The minimum atomic E-state index is -0.408. The van der Waals surface area contributed by atoms with Crippen LogP contribution in [0.15, 0.2) is 42.9 Å². The maximum atomic E-state index is 12.6. The minimum absolute atomic E-state index is 0.00730. The lowest BCUT2D eigenvalue weighted by atomic mass is 10.1. The van der Waals surface area contributed by atoms with Gasteiger partial charge in [-0.15, -0.1) is 10.2 Å². The highest BCUT2D eigenvalue weighted by Crippen LogP contribution is 2.39. The Labute approximate surface area is 243 Å². The van der Waals surface area contributed by atoms with Crippen molar-refractivity contribution in [2.24, 2.45) is 13.0 Å². The van der Waals surface area contributed by atoms with E-state index in [1.54, 1.807) is 13.2 Å². The zero-order valence-corrected chi connectivity index (χ0v) is 24.1. The number of methoxy groups -OCH3 is 1. The van der Waals surface area contributed by atoms with E-state index in [1.165, 1.54) is 12.6 Å². The predicted octanol–water partition coefficient (Wildman–Crippen LogP) is 2.90. The summed E-state index contributed by atoms with van der Waals surface area (Å²) in [5.74, 6) is 0.359. The molecule has 2 fully saturated rings. The molecule has 1 saturated heterocycles. The van der Waals surface area contributed by atoms with Crippen LogP contribution in [0.25, 0.3) is 11.1 Å². The topological polar surface area (TPSA) is 144 Å². The molecule has 0 bridgehead atoms. The van der Waals surface area contributed by atoms with Crippen molar-refractivity contribution in [3.63, 3.8) is 0 Å². The number of ether oxygens (including phenoxy) is 1. The third kappa shape index (κ3) is 5.55. The van der Waals surface area contributed by atoms with Crippen molar-refractivity contribution in [3.05, 3.63) is 59.8 Å². The van der Waals surface area contributed by atoms with Gasteiger partial charge in [0.05, 0.1) is 36.4 Å². The van der Waals surface area contributed by atoms with Crippen molar-refractivity contribution >= 4 is 29.0 Å². The molecule has 0 radical (unpaired) electrons. The third-order valence-electron chi connectivity index (χ3n) is 7.66. The van der Waals surface area contributed by atoms with Crippen molar-refractivity contribution in [1.29, 1.82) is 0 Å². The van der Waals surface area contributed by atoms with Crippen LogP contribution < -0.4 is 20.7 Å². The smallest absolute Gasteiger partial charge is 0.273 e. The van der Waals surface area contributed by atoms with Crippen molar-refractivity contribution < 1.29 is 14.3 Å². The third-order valence-corrected chi connectivity index (χ3v) is 7.66. The van der Waals surface area contributed by atoms with Crippen molar-refractivity contribution in [2.45, 2.75) is 32.4 Å². The first-order chi connectivity index (χ1) is 20.3. The van der Waals surface area contributed by atoms with Crippen molar-refractivity contribution in [2.75, 3.05) is 37.9 Å². The summed E-state index contributed by atoms with van der Waals surface area (Å²) in [6, 6.07) is 7.62. The number of likely N-dealkylation sites (tertiary alicyclic amines) is 1. The number of hydrogen-bond acceptors (Lipinski definition) is 9. The predicted molar refractivity (Wildman–Crippen MR) is 157 cm³/mol. The molecule has 1 aromatic carbocycles. The Hall–Kier alpha value is -4.78. The van der Waals surface area contributed by atoms with Crippen LogP contribution >= 0.6 is 0 Å². The van der Waals surface area contributed by atoms with E-state index in [0.717, 1.165) is 49.3 Å². The number of para-hydroxylation sites is 1. The summed E-state index contributed by atoms with van der Waals surface area (Å²) in [4.78, 5) is 27.3. The molecule has 4 aromatic rings. The van der Waals surface area contributed by atoms with Gasteiger partial charge in [0.15, 0.2) is 11.5 Å². The molecule has 13 heteroatoms. The first-order valence-electron chi connectivity index (χ1n) is 13.9. The quantitative estimate of drug-likeness (QED) is 0.262. The average molecular weight is 571 g/mol. The van der Waals surface area contributed by atoms with Crippen LogP contribution in [-0.4, -0.2) is 73.7 Å². The van der Waals surface area contributed by atoms with Gasteiger partial charge in [0.2, 0.25) is 5.91 Å². The number of benzene rings is 1. The monoisotopic (exact) mass is 570 g/mol. The Morgan fingerprint density at radius 3 is 2.62 bits per heavy atom. The van der Waals surface area contributed by atoms with Gasteiger partial charge in [0.25, 0.3) is 5.91 Å². The van der Waals surface area contributed by atoms with E-state index in [0.29, 0.717) is 17.1 Å². The highest BCUT2D eigenvalue weighted by molar-refractivity contribution is 6.00. The van der Waals surface area contributed by atoms with E-state index in [4.69, 9.17) is 4.74 Å². The molecule has 2 aliphatic rings. The van der Waals surface area contributed by atoms with Gasteiger partial charge >= 0.3 is 0 Å². The molecule has 1 aliphatic heterocycles. The number of carbonyl (C=O) groups excluding carboxylic acids is 2. The zero-order valence-electron chi connectivity index (χ0n) is 24.1. The molecule has 42 heavy (non-hydrogen) atoms. The Balaban J connectivity index is 1.21. The van der Waals surface area contributed by atoms with Crippen LogP contribution in [-0.2, 0) is 18.4 Å². The second kappa shape index (κ2) is 11.2. The van der Waals surface area contributed by atoms with Crippen LogP contribution in [0.1, 0.15) is 40.6 Å². The zero-order chi connectivity index (χ0) is 29.4. The van der Waals surface area contributed by atoms with Crippen molar-refractivity contribution in [1.82, 2.24) is 40.0 Å². The molecule has 0 unspecified atom stereocenters. The molecular formula is C29H34N10O3. The molecule has 1 aliphatic carbocycles. The Bertz CT molecular complexity index is 1630. The number of aromatic nitrogens is 6. The number of rotatable bonds is 10. The lowest BCUT2D eigenvalue weighted by Crippen LogP contribution is -2.47. The standard InChI is InChI=1S/C29H34N10O3/c1-17-20(12-37(3)36-17)13-38-15-21(16-38)39-14-19(11-31-39)22-6-5-7-23(27(22)42-4)32-24-10-25(33-28(40)18-8-9-18)34-35-26(24)29(41)30-2/h5-7,10-12,14,18,21H,8-9,13,15-16H2,1-4H3,(H,30,41)(H2,32,33,34,40). The second-order valence-electron chi connectivity index (χ2n) is 10.8. The lowest BCUT2D eigenvalue weighted by Gasteiger charge is -2.39. The second-order valence-corrected chi connectivity index (χ2v) is 10.8. The first-order valence-corrected chi connectivity index (χ1v) is 13.9. The largest absolute Gasteiger partial charge is 0.494 e. The number of nitrogens with zero attached hydrogens (tertiary/aromatic N) is 7. The molecule has 13 nitrogen and oxygen atoms in total. The lowest BCUT2D eigenvalue weighted by molar-refractivity contribution is -0.117. The Morgan fingerprint density at radius 1 is 1.12 bits per heavy atom. The molecule has 2 amide bonds. The summed E-state index contributed by atoms with van der Waals surface area (Å²) < 4.78 is 9.71. The van der Waals surface area contributed by atoms with Gasteiger partial charge in [-0.2, -0.15) is 10.2 Å². The van der Waals surface area contributed by atoms with Crippen LogP contribution in [0.2, 0.25) is 0 Å². The molecule has 218 valence electrons. The fourth-order valence-electron chi connectivity index (χ4n) is 5.20. The molecule has 0 spiro atoms. The summed E-state index contributed by atoms with van der Waals surface area (Å²) >= 11 is 0. The van der Waals surface area contributed by atoms with E-state index in [1.807, 2.05) is 53.9 Å². The fraction of sp³-hybridized carbons (Fsp3) is 0.379. The van der Waals surface area contributed by atoms with Gasteiger partial charge < -0.3 is 20.7 Å². The number of anilines is 3. The van der Waals surface area contributed by atoms with Gasteiger partial charge in [-0.3, -0.25) is 23.9 Å². The fourth-order valence-corrected chi connectivity index (χ4v) is 5.20. The molecule has 6 rings (SSSR count). The summed E-state index contributed by atoms with van der Waals surface area (Å²) in [5.41, 5.74) is 5.18. The number of nitrogens with one attached hydrogen (secondary N) is 3. The van der Waals surface area contributed by atoms with Gasteiger partial charge in [-0.1, -0.05) is 12.1 Å². The molecule has 3 N–H and O–H groups in total. The SMILES string of the molecule is CNC(=O)c1nnc(NC(=O)C2CC2)cc1Nc1cccc(-c2cnn(C3CN(Cc4cn(C)nc4C)C3)c2)c1OC. The molecule has 3 aromatic heterocycles. The van der Waals surface area contributed by atoms with E-state index >= 15 is 0 Å². The number of carbonyl (C=O) groups is 2. The van der Waals surface area contributed by atoms with Gasteiger partial charge in [-0.25, -0.2) is 0 Å². The normalized spacial score (nSPS) is 15.2. The number of amides is 2. The molecule has 1 saturated carbocycles. The summed E-state index contributed by atoms with van der Waals surface area (Å²) in [6.07, 6.45) is 7.68. The maximum absolute atomic E-state index is 12.6. The summed E-state index contributed by atoms with van der Waals surface area (Å²) in [6.45, 7) is 4.73. The van der Waals surface area contributed by atoms with E-state index in [-0.39, 0.29) is 29.4 Å². The van der Waals surface area contributed by atoms with Crippen molar-refractivity contribution in [3.8, 4) is 16.9 Å². The highest BCUT2D eigenvalue weighted by atomic mass is 16.5. The van der Waals surface area contributed by atoms with E-state index < -0.39 is 5.91 Å². The number of hydrogen-bond donors (Lipinski definition) is 3. The Morgan fingerprint density at radius 2 is 1.93 bits per heavy atom. The summed E-state index contributed by atoms with van der Waals surface area (Å²) in [5, 5.41) is 25.9. The van der Waals surface area contributed by atoms with E-state index in [9.17, 15) is 9.59 Å². The molecule has 0 atom stereocenters.